The summed E-state index contributed by atoms with van der Waals surface area (Å²) in [7, 11) is 0. The van der Waals surface area contributed by atoms with E-state index in [0.717, 1.165) is 6.54 Å². The highest BCUT2D eigenvalue weighted by atomic mass is 15.2. The molecule has 0 aliphatic carbocycles. The average Bonchev–Trinajstić information content (AvgIpc) is 3.17. The van der Waals surface area contributed by atoms with E-state index in [9.17, 15) is 0 Å². The molecule has 2 aliphatic heterocycles. The first-order valence-corrected chi connectivity index (χ1v) is 11.9. The fraction of sp³-hybridized carbons (Fsp3) is 0.481. The molecule has 3 heterocycles. The van der Waals surface area contributed by atoms with E-state index in [2.05, 4.69) is 70.2 Å². The Bertz CT molecular complexity index is 962. The number of aryl methyl sites for hydroxylation is 1. The third kappa shape index (κ3) is 4.06. The first-order chi connectivity index (χ1) is 14.8. The van der Waals surface area contributed by atoms with Crippen molar-refractivity contribution in [3.63, 3.8) is 0 Å². The number of benzene rings is 2. The predicted molar refractivity (Wildman–Crippen MR) is 127 cm³/mol. The molecule has 1 aromatic heterocycles. The van der Waals surface area contributed by atoms with Crippen molar-refractivity contribution in [3.05, 3.63) is 59.7 Å². The monoisotopic (exact) mass is 401 g/mol. The summed E-state index contributed by atoms with van der Waals surface area (Å²) in [6.45, 7) is 8.31. The number of H-pyrrole nitrogens is 1. The lowest BCUT2D eigenvalue weighted by Gasteiger charge is -2.39. The van der Waals surface area contributed by atoms with Crippen molar-refractivity contribution in [1.82, 2.24) is 14.8 Å². The number of hydrogen-bond acceptors (Lipinski definition) is 2. The van der Waals surface area contributed by atoms with Gasteiger partial charge in [-0.1, -0.05) is 55.3 Å². The summed E-state index contributed by atoms with van der Waals surface area (Å²) in [4.78, 5) is 9.34. The van der Waals surface area contributed by atoms with Gasteiger partial charge in [0.15, 0.2) is 0 Å². The van der Waals surface area contributed by atoms with Gasteiger partial charge in [-0.3, -0.25) is 4.90 Å². The molecule has 2 fully saturated rings. The molecule has 0 saturated carbocycles. The number of aromatic amines is 1. The van der Waals surface area contributed by atoms with Gasteiger partial charge in [0.05, 0.1) is 11.7 Å². The van der Waals surface area contributed by atoms with Crippen molar-refractivity contribution in [1.29, 1.82) is 0 Å². The molecule has 2 aliphatic rings. The molecule has 158 valence electrons. The molecule has 0 spiro atoms. The number of rotatable bonds is 5. The minimum absolute atomic E-state index is 0.454. The molecule has 1 unspecified atom stereocenters. The fourth-order valence-corrected chi connectivity index (χ4v) is 5.52. The number of nitrogens with zero attached hydrogens (tertiary/aromatic N) is 2. The van der Waals surface area contributed by atoms with Gasteiger partial charge in [0, 0.05) is 23.0 Å². The van der Waals surface area contributed by atoms with E-state index in [4.69, 9.17) is 0 Å². The van der Waals surface area contributed by atoms with E-state index < -0.39 is 0 Å². The largest absolute Gasteiger partial charge is 0.354 e. The lowest BCUT2D eigenvalue weighted by atomic mass is 9.94. The average molecular weight is 402 g/mol. The third-order valence-electron chi connectivity index (χ3n) is 7.10. The molecule has 1 atom stereocenters. The van der Waals surface area contributed by atoms with Gasteiger partial charge >= 0.3 is 0 Å². The van der Waals surface area contributed by atoms with Crippen LogP contribution in [0.5, 0.6) is 0 Å². The Hall–Kier alpha value is -2.10. The predicted octanol–water partition coefficient (Wildman–Crippen LogP) is 6.16. The Morgan fingerprint density at radius 1 is 0.833 bits per heavy atom. The second-order valence-corrected chi connectivity index (χ2v) is 9.30. The number of likely N-dealkylation sites (tertiary alicyclic amines) is 2. The molecule has 2 aromatic carbocycles. The Morgan fingerprint density at radius 2 is 1.53 bits per heavy atom. The van der Waals surface area contributed by atoms with Crippen molar-refractivity contribution in [3.8, 4) is 11.3 Å². The maximum atomic E-state index is 3.83. The number of hydrogen-bond donors (Lipinski definition) is 1. The number of piperidine rings is 2. The zero-order chi connectivity index (χ0) is 20.3. The van der Waals surface area contributed by atoms with Crippen LogP contribution in [0, 0.1) is 6.92 Å². The number of nitrogens with one attached hydrogen (secondary N) is 1. The van der Waals surface area contributed by atoms with Crippen molar-refractivity contribution in [2.75, 3.05) is 32.7 Å². The van der Waals surface area contributed by atoms with Gasteiger partial charge in [-0.15, -0.1) is 0 Å². The molecule has 3 aromatic rings. The van der Waals surface area contributed by atoms with Gasteiger partial charge in [-0.25, -0.2) is 0 Å². The summed E-state index contributed by atoms with van der Waals surface area (Å²) in [5.74, 6) is 0. The molecular weight excluding hydrogens is 366 g/mol. The lowest BCUT2D eigenvalue weighted by molar-refractivity contribution is 0.109. The number of aromatic nitrogens is 1. The molecule has 3 nitrogen and oxygen atoms in total. The minimum Gasteiger partial charge on any atom is -0.354 e. The van der Waals surface area contributed by atoms with E-state index in [1.54, 1.807) is 0 Å². The van der Waals surface area contributed by atoms with Crippen LogP contribution in [0.25, 0.3) is 22.2 Å². The van der Waals surface area contributed by atoms with Crippen LogP contribution in [0.3, 0.4) is 0 Å². The van der Waals surface area contributed by atoms with Crippen LogP contribution in [0.2, 0.25) is 0 Å². The van der Waals surface area contributed by atoms with Crippen molar-refractivity contribution in [2.24, 2.45) is 0 Å². The molecule has 2 saturated heterocycles. The first-order valence-electron chi connectivity index (χ1n) is 11.9. The van der Waals surface area contributed by atoms with Crippen LogP contribution in [0.15, 0.2) is 48.5 Å². The molecular formula is C27H35N3. The Kier molecular flexibility index (Phi) is 5.92. The SMILES string of the molecule is Cc1ccc2c(C(CN3CCCCC3)N3CCCCC3)c(-c3ccccc3)[nH]c2c1. The second-order valence-electron chi connectivity index (χ2n) is 9.30. The highest BCUT2D eigenvalue weighted by Gasteiger charge is 2.30. The highest BCUT2D eigenvalue weighted by molar-refractivity contribution is 5.91. The van der Waals surface area contributed by atoms with E-state index in [0.29, 0.717) is 6.04 Å². The molecule has 1 N–H and O–H groups in total. The zero-order valence-corrected chi connectivity index (χ0v) is 18.4. The highest BCUT2D eigenvalue weighted by Crippen LogP contribution is 2.39. The van der Waals surface area contributed by atoms with Crippen LogP contribution in [0.1, 0.15) is 55.7 Å². The lowest BCUT2D eigenvalue weighted by Crippen LogP contribution is -2.42. The Morgan fingerprint density at radius 3 is 2.27 bits per heavy atom. The minimum atomic E-state index is 0.454. The van der Waals surface area contributed by atoms with E-state index >= 15 is 0 Å². The maximum Gasteiger partial charge on any atom is 0.0513 e. The molecule has 3 heteroatoms. The van der Waals surface area contributed by atoms with Crippen molar-refractivity contribution in [2.45, 2.75) is 51.5 Å². The van der Waals surface area contributed by atoms with Crippen molar-refractivity contribution >= 4 is 10.9 Å². The summed E-state index contributed by atoms with van der Waals surface area (Å²) < 4.78 is 0. The van der Waals surface area contributed by atoms with Gasteiger partial charge in [0.1, 0.15) is 0 Å². The van der Waals surface area contributed by atoms with E-state index in [1.807, 2.05) is 0 Å². The van der Waals surface area contributed by atoms with Crippen LogP contribution in [-0.4, -0.2) is 47.5 Å². The van der Waals surface area contributed by atoms with E-state index in [-0.39, 0.29) is 0 Å². The normalized spacial score (nSPS) is 19.9. The summed E-state index contributed by atoms with van der Waals surface area (Å²) in [6, 6.07) is 18.4. The molecule has 0 amide bonds. The fourth-order valence-electron chi connectivity index (χ4n) is 5.52. The summed E-state index contributed by atoms with van der Waals surface area (Å²) in [6.07, 6.45) is 8.14. The first kappa shape index (κ1) is 19.8. The number of fused-ring (bicyclic) bond motifs is 1. The summed E-state index contributed by atoms with van der Waals surface area (Å²) >= 11 is 0. The van der Waals surface area contributed by atoms with Gasteiger partial charge in [0.25, 0.3) is 0 Å². The molecule has 30 heavy (non-hydrogen) atoms. The van der Waals surface area contributed by atoms with Crippen LogP contribution < -0.4 is 0 Å². The second kappa shape index (κ2) is 8.95. The Balaban J connectivity index is 1.63. The van der Waals surface area contributed by atoms with Gasteiger partial charge in [-0.2, -0.15) is 0 Å². The third-order valence-corrected chi connectivity index (χ3v) is 7.10. The maximum absolute atomic E-state index is 3.83. The van der Waals surface area contributed by atoms with Gasteiger partial charge < -0.3 is 9.88 Å². The molecule has 0 radical (unpaired) electrons. The topological polar surface area (TPSA) is 22.3 Å². The van der Waals surface area contributed by atoms with Gasteiger partial charge in [-0.05, 0) is 76.0 Å². The van der Waals surface area contributed by atoms with Crippen molar-refractivity contribution < 1.29 is 0 Å². The quantitative estimate of drug-likeness (QED) is 0.553. The van der Waals surface area contributed by atoms with Crippen LogP contribution >= 0.6 is 0 Å². The standard InChI is InChI=1S/C27H35N3/c1-21-13-14-23-24(19-21)28-27(22-11-5-2-6-12-22)26(23)25(30-17-9-4-10-18-30)20-29-15-7-3-8-16-29/h2,5-6,11-14,19,25,28H,3-4,7-10,15-18,20H2,1H3. The van der Waals surface area contributed by atoms with E-state index in [1.165, 1.54) is 98.0 Å². The zero-order valence-electron chi connectivity index (χ0n) is 18.4. The van der Waals surface area contributed by atoms with Gasteiger partial charge in [0.2, 0.25) is 0 Å². The smallest absolute Gasteiger partial charge is 0.0513 e. The molecule has 0 bridgehead atoms. The van der Waals surface area contributed by atoms with Crippen LogP contribution in [0.4, 0.5) is 0 Å². The summed E-state index contributed by atoms with van der Waals surface area (Å²) in [5, 5.41) is 1.41. The van der Waals surface area contributed by atoms with Crippen LogP contribution in [-0.2, 0) is 0 Å². The Labute approximate surface area is 181 Å². The molecule has 5 rings (SSSR count). The summed E-state index contributed by atoms with van der Waals surface area (Å²) in [5.41, 5.74) is 6.75.